The van der Waals surface area contributed by atoms with E-state index in [2.05, 4.69) is 24.5 Å². The van der Waals surface area contributed by atoms with Gasteiger partial charge in [0.1, 0.15) is 0 Å². The third kappa shape index (κ3) is 5.38. The van der Waals surface area contributed by atoms with Crippen LogP contribution < -0.4 is 10.6 Å². The van der Waals surface area contributed by atoms with Crippen molar-refractivity contribution in [1.29, 1.82) is 0 Å². The third-order valence-corrected chi connectivity index (χ3v) is 4.05. The standard InChI is InChI=1S/C15H30N2O/c1-4-5-8-11-16-15(18)13(3)17-14-10-7-6-9-12(14)2/h12-14,17H,4-11H2,1-3H3,(H,16,18). The smallest absolute Gasteiger partial charge is 0.236 e. The molecule has 0 saturated heterocycles. The number of unbranched alkanes of at least 4 members (excludes halogenated alkanes) is 2. The maximum Gasteiger partial charge on any atom is 0.236 e. The molecule has 0 aliphatic heterocycles. The molecule has 0 aromatic rings. The Morgan fingerprint density at radius 3 is 2.67 bits per heavy atom. The first-order chi connectivity index (χ1) is 8.65. The van der Waals surface area contributed by atoms with E-state index in [-0.39, 0.29) is 11.9 Å². The molecule has 1 fully saturated rings. The fourth-order valence-corrected chi connectivity index (χ4v) is 2.70. The summed E-state index contributed by atoms with van der Waals surface area (Å²) >= 11 is 0. The molecule has 0 bridgehead atoms. The van der Waals surface area contributed by atoms with Crippen molar-refractivity contribution in [3.05, 3.63) is 0 Å². The van der Waals surface area contributed by atoms with E-state index in [0.29, 0.717) is 12.0 Å². The van der Waals surface area contributed by atoms with E-state index in [4.69, 9.17) is 0 Å². The monoisotopic (exact) mass is 254 g/mol. The van der Waals surface area contributed by atoms with E-state index in [9.17, 15) is 4.79 Å². The maximum atomic E-state index is 11.9. The summed E-state index contributed by atoms with van der Waals surface area (Å²) in [5, 5.41) is 6.52. The topological polar surface area (TPSA) is 41.1 Å². The molecule has 3 unspecified atom stereocenters. The van der Waals surface area contributed by atoms with Gasteiger partial charge in [-0.3, -0.25) is 4.79 Å². The lowest BCUT2D eigenvalue weighted by molar-refractivity contribution is -0.123. The summed E-state index contributed by atoms with van der Waals surface area (Å²) in [6.45, 7) is 7.27. The Morgan fingerprint density at radius 2 is 2.00 bits per heavy atom. The predicted molar refractivity (Wildman–Crippen MR) is 76.6 cm³/mol. The van der Waals surface area contributed by atoms with Crippen LogP contribution in [0.3, 0.4) is 0 Å². The zero-order valence-electron chi connectivity index (χ0n) is 12.3. The van der Waals surface area contributed by atoms with E-state index < -0.39 is 0 Å². The zero-order chi connectivity index (χ0) is 13.4. The van der Waals surface area contributed by atoms with E-state index in [1.54, 1.807) is 0 Å². The number of carbonyl (C=O) groups is 1. The van der Waals surface area contributed by atoms with E-state index >= 15 is 0 Å². The molecule has 0 aromatic heterocycles. The third-order valence-electron chi connectivity index (χ3n) is 4.05. The van der Waals surface area contributed by atoms with Crippen LogP contribution in [-0.2, 0) is 4.79 Å². The number of hydrogen-bond acceptors (Lipinski definition) is 2. The summed E-state index contributed by atoms with van der Waals surface area (Å²) in [6, 6.07) is 0.465. The van der Waals surface area contributed by atoms with Gasteiger partial charge in [0.2, 0.25) is 5.91 Å². The van der Waals surface area contributed by atoms with Crippen LogP contribution >= 0.6 is 0 Å². The van der Waals surface area contributed by atoms with Crippen molar-refractivity contribution >= 4 is 5.91 Å². The molecule has 0 heterocycles. The van der Waals surface area contributed by atoms with Crippen LogP contribution in [0.25, 0.3) is 0 Å². The van der Waals surface area contributed by atoms with Gasteiger partial charge in [0.05, 0.1) is 6.04 Å². The second-order valence-corrected chi connectivity index (χ2v) is 5.75. The summed E-state index contributed by atoms with van der Waals surface area (Å²) in [4.78, 5) is 11.9. The number of carbonyl (C=O) groups excluding carboxylic acids is 1. The molecule has 0 aromatic carbocycles. The highest BCUT2D eigenvalue weighted by Gasteiger charge is 2.24. The summed E-state index contributed by atoms with van der Waals surface area (Å²) in [7, 11) is 0. The lowest BCUT2D eigenvalue weighted by atomic mass is 9.85. The molecule has 0 spiro atoms. The lowest BCUT2D eigenvalue weighted by Gasteiger charge is -2.31. The Hall–Kier alpha value is -0.570. The van der Waals surface area contributed by atoms with Gasteiger partial charge in [0.25, 0.3) is 0 Å². The van der Waals surface area contributed by atoms with Crippen molar-refractivity contribution in [3.8, 4) is 0 Å². The molecule has 2 N–H and O–H groups in total. The number of nitrogens with one attached hydrogen (secondary N) is 2. The van der Waals surface area contributed by atoms with E-state index in [0.717, 1.165) is 13.0 Å². The van der Waals surface area contributed by atoms with Gasteiger partial charge in [-0.25, -0.2) is 0 Å². The minimum Gasteiger partial charge on any atom is -0.355 e. The molecule has 0 radical (unpaired) electrons. The molecule has 1 saturated carbocycles. The van der Waals surface area contributed by atoms with Crippen molar-refractivity contribution in [2.45, 2.75) is 77.8 Å². The Bertz CT molecular complexity index is 243. The van der Waals surface area contributed by atoms with Gasteiger partial charge in [-0.15, -0.1) is 0 Å². The fraction of sp³-hybridized carbons (Fsp3) is 0.933. The van der Waals surface area contributed by atoms with Crippen LogP contribution in [0.15, 0.2) is 0 Å². The highest BCUT2D eigenvalue weighted by Crippen LogP contribution is 2.23. The van der Waals surface area contributed by atoms with Gasteiger partial charge in [0, 0.05) is 12.6 Å². The highest BCUT2D eigenvalue weighted by atomic mass is 16.2. The van der Waals surface area contributed by atoms with Crippen molar-refractivity contribution in [2.75, 3.05) is 6.54 Å². The van der Waals surface area contributed by atoms with Crippen LogP contribution in [0.5, 0.6) is 0 Å². The van der Waals surface area contributed by atoms with Gasteiger partial charge in [0.15, 0.2) is 0 Å². The van der Waals surface area contributed by atoms with Gasteiger partial charge in [-0.1, -0.05) is 39.5 Å². The quantitative estimate of drug-likeness (QED) is 0.686. The summed E-state index contributed by atoms with van der Waals surface area (Å²) in [6.07, 6.45) is 8.64. The van der Waals surface area contributed by atoms with Gasteiger partial charge in [-0.2, -0.15) is 0 Å². The fourth-order valence-electron chi connectivity index (χ4n) is 2.70. The lowest BCUT2D eigenvalue weighted by Crippen LogP contribution is -2.49. The normalized spacial score (nSPS) is 25.7. The minimum atomic E-state index is -0.0582. The molecule has 1 aliphatic rings. The van der Waals surface area contributed by atoms with Crippen LogP contribution in [0, 0.1) is 5.92 Å². The number of rotatable bonds is 7. The minimum absolute atomic E-state index is 0.0582. The SMILES string of the molecule is CCCCCNC(=O)C(C)NC1CCCCC1C. The second-order valence-electron chi connectivity index (χ2n) is 5.75. The first-order valence-electron chi connectivity index (χ1n) is 7.69. The highest BCUT2D eigenvalue weighted by molar-refractivity contribution is 5.81. The molecule has 1 aliphatic carbocycles. The average molecular weight is 254 g/mol. The van der Waals surface area contributed by atoms with Gasteiger partial charge in [-0.05, 0) is 32.1 Å². The first kappa shape index (κ1) is 15.5. The molecule has 3 atom stereocenters. The first-order valence-corrected chi connectivity index (χ1v) is 7.69. The summed E-state index contributed by atoms with van der Waals surface area (Å²) < 4.78 is 0. The van der Waals surface area contributed by atoms with Crippen LogP contribution in [0.4, 0.5) is 0 Å². The molecule has 3 nitrogen and oxygen atoms in total. The Morgan fingerprint density at radius 1 is 1.28 bits per heavy atom. The number of hydrogen-bond donors (Lipinski definition) is 2. The summed E-state index contributed by atoms with van der Waals surface area (Å²) in [5.74, 6) is 0.859. The van der Waals surface area contributed by atoms with Crippen molar-refractivity contribution in [2.24, 2.45) is 5.92 Å². The van der Waals surface area contributed by atoms with Crippen molar-refractivity contribution < 1.29 is 4.79 Å². The zero-order valence-corrected chi connectivity index (χ0v) is 12.3. The van der Waals surface area contributed by atoms with Gasteiger partial charge < -0.3 is 10.6 Å². The van der Waals surface area contributed by atoms with E-state index in [1.807, 2.05) is 6.92 Å². The predicted octanol–water partition coefficient (Wildman–Crippen LogP) is 2.85. The van der Waals surface area contributed by atoms with Crippen molar-refractivity contribution in [1.82, 2.24) is 10.6 Å². The molecule has 3 heteroatoms. The molecular weight excluding hydrogens is 224 g/mol. The average Bonchev–Trinajstić information content (AvgIpc) is 2.37. The van der Waals surface area contributed by atoms with E-state index in [1.165, 1.54) is 38.5 Å². The van der Waals surface area contributed by atoms with Crippen LogP contribution in [-0.4, -0.2) is 24.5 Å². The Labute approximate surface area is 112 Å². The molecular formula is C15H30N2O. The summed E-state index contributed by atoms with van der Waals surface area (Å²) in [5.41, 5.74) is 0. The largest absolute Gasteiger partial charge is 0.355 e. The molecule has 1 amide bonds. The second kappa shape index (κ2) is 8.52. The Kier molecular flexibility index (Phi) is 7.33. The molecule has 18 heavy (non-hydrogen) atoms. The van der Waals surface area contributed by atoms with Crippen LogP contribution in [0.2, 0.25) is 0 Å². The number of amides is 1. The Balaban J connectivity index is 2.21. The van der Waals surface area contributed by atoms with Crippen molar-refractivity contribution in [3.63, 3.8) is 0 Å². The molecule has 106 valence electrons. The maximum absolute atomic E-state index is 11.9. The van der Waals surface area contributed by atoms with Gasteiger partial charge >= 0.3 is 0 Å². The molecule has 1 rings (SSSR count). The van der Waals surface area contributed by atoms with Crippen LogP contribution in [0.1, 0.15) is 65.7 Å².